The minimum absolute atomic E-state index is 0.0350. The number of aliphatic carboxylic acids is 1. The number of hydrogen-bond acceptors (Lipinski definition) is 3. The molecule has 1 unspecified atom stereocenters. The van der Waals surface area contributed by atoms with Crippen molar-refractivity contribution in [3.05, 3.63) is 0 Å². The fourth-order valence-electron chi connectivity index (χ4n) is 3.58. The zero-order valence-electron chi connectivity index (χ0n) is 13.6. The molecule has 4 atom stereocenters. The summed E-state index contributed by atoms with van der Waals surface area (Å²) in [6, 6.07) is -0.367. The molecule has 0 aromatic rings. The second-order valence-electron chi connectivity index (χ2n) is 6.09. The van der Waals surface area contributed by atoms with Gasteiger partial charge in [-0.15, -0.1) is 0 Å². The van der Waals surface area contributed by atoms with Gasteiger partial charge in [0.2, 0.25) is 5.91 Å². The maximum absolute atomic E-state index is 11.6. The second kappa shape index (κ2) is 8.00. The lowest BCUT2D eigenvalue weighted by Crippen LogP contribution is -2.47. The van der Waals surface area contributed by atoms with E-state index in [1.54, 1.807) is 0 Å². The van der Waals surface area contributed by atoms with Gasteiger partial charge in [-0.25, -0.2) is 4.99 Å². The molecule has 1 fully saturated rings. The van der Waals surface area contributed by atoms with Gasteiger partial charge >= 0.3 is 5.97 Å². The standard InChI is InChI=1S/C15H28N4O3/c1-4-9(5-2)13(18-8(3)20)11-6-10(14(21)22)7-12(11)19-15(16)17/h9-13H,4-7H2,1-3H3,(H,18,20)(H,21,22)(H4,16,17,19)/t10-,11-,12-,13?/m1/s1. The molecule has 22 heavy (non-hydrogen) atoms. The summed E-state index contributed by atoms with van der Waals surface area (Å²) in [7, 11) is 0. The molecular formula is C15H28N4O3. The summed E-state index contributed by atoms with van der Waals surface area (Å²) in [6.45, 7) is 5.62. The Labute approximate surface area is 131 Å². The smallest absolute Gasteiger partial charge is 0.306 e. The fourth-order valence-corrected chi connectivity index (χ4v) is 3.58. The summed E-state index contributed by atoms with van der Waals surface area (Å²) in [6.07, 6.45) is 2.71. The van der Waals surface area contributed by atoms with Crippen LogP contribution < -0.4 is 16.8 Å². The second-order valence-corrected chi connectivity index (χ2v) is 6.09. The van der Waals surface area contributed by atoms with Crippen LogP contribution in [0.2, 0.25) is 0 Å². The molecule has 1 aliphatic rings. The van der Waals surface area contributed by atoms with Crippen molar-refractivity contribution in [3.63, 3.8) is 0 Å². The molecule has 0 heterocycles. The average Bonchev–Trinajstić information content (AvgIpc) is 2.81. The van der Waals surface area contributed by atoms with Crippen LogP contribution in [0.15, 0.2) is 4.99 Å². The Kier molecular flexibility index (Phi) is 6.64. The lowest BCUT2D eigenvalue weighted by Gasteiger charge is -2.33. The summed E-state index contributed by atoms with van der Waals surface area (Å²) < 4.78 is 0. The number of hydrogen-bond donors (Lipinski definition) is 4. The van der Waals surface area contributed by atoms with Crippen molar-refractivity contribution in [1.82, 2.24) is 5.32 Å². The molecular weight excluding hydrogens is 284 g/mol. The van der Waals surface area contributed by atoms with Crippen LogP contribution in [-0.2, 0) is 9.59 Å². The van der Waals surface area contributed by atoms with Crippen LogP contribution in [0.5, 0.6) is 0 Å². The molecule has 1 aliphatic carbocycles. The van der Waals surface area contributed by atoms with Crippen LogP contribution in [-0.4, -0.2) is 35.0 Å². The van der Waals surface area contributed by atoms with E-state index in [9.17, 15) is 14.7 Å². The molecule has 0 aliphatic heterocycles. The number of aliphatic imine (C=N–C) groups is 1. The topological polar surface area (TPSA) is 131 Å². The summed E-state index contributed by atoms with van der Waals surface area (Å²) in [5.41, 5.74) is 11.0. The number of nitrogens with one attached hydrogen (secondary N) is 1. The van der Waals surface area contributed by atoms with E-state index in [0.29, 0.717) is 12.8 Å². The van der Waals surface area contributed by atoms with Gasteiger partial charge in [-0.05, 0) is 18.8 Å². The number of rotatable bonds is 7. The van der Waals surface area contributed by atoms with E-state index >= 15 is 0 Å². The van der Waals surface area contributed by atoms with E-state index in [2.05, 4.69) is 24.2 Å². The highest BCUT2D eigenvalue weighted by Crippen LogP contribution is 2.39. The predicted molar refractivity (Wildman–Crippen MR) is 85.1 cm³/mol. The molecule has 0 saturated heterocycles. The van der Waals surface area contributed by atoms with Crippen LogP contribution in [0.4, 0.5) is 0 Å². The number of carbonyl (C=O) groups is 2. The SMILES string of the molecule is CCC(CC)C(NC(C)=O)[C@@H]1C[C@@H](C(=O)O)C[C@H]1N=C(N)N. The van der Waals surface area contributed by atoms with E-state index in [1.165, 1.54) is 6.92 Å². The quantitative estimate of drug-likeness (QED) is 0.405. The summed E-state index contributed by atoms with van der Waals surface area (Å²) in [4.78, 5) is 27.1. The molecule has 7 nitrogen and oxygen atoms in total. The van der Waals surface area contributed by atoms with E-state index in [4.69, 9.17) is 11.5 Å². The van der Waals surface area contributed by atoms with Crippen molar-refractivity contribution in [1.29, 1.82) is 0 Å². The Morgan fingerprint density at radius 1 is 1.27 bits per heavy atom. The lowest BCUT2D eigenvalue weighted by atomic mass is 9.81. The monoisotopic (exact) mass is 312 g/mol. The summed E-state index contributed by atoms with van der Waals surface area (Å²) in [5.74, 6) is -1.23. The van der Waals surface area contributed by atoms with Crippen molar-refractivity contribution in [2.75, 3.05) is 0 Å². The van der Waals surface area contributed by atoms with Gasteiger partial charge in [0, 0.05) is 18.9 Å². The third-order valence-electron chi connectivity index (χ3n) is 4.63. The molecule has 0 spiro atoms. The fraction of sp³-hybridized carbons (Fsp3) is 0.800. The van der Waals surface area contributed by atoms with Crippen molar-refractivity contribution < 1.29 is 14.7 Å². The van der Waals surface area contributed by atoms with E-state index in [0.717, 1.165) is 12.8 Å². The minimum atomic E-state index is -0.829. The number of nitrogens with two attached hydrogens (primary N) is 2. The van der Waals surface area contributed by atoms with Crippen LogP contribution in [0.1, 0.15) is 46.5 Å². The van der Waals surface area contributed by atoms with Crippen LogP contribution in [0.25, 0.3) is 0 Å². The third kappa shape index (κ3) is 4.61. The first-order valence-electron chi connectivity index (χ1n) is 7.88. The molecule has 0 aromatic carbocycles. The molecule has 1 rings (SSSR count). The summed E-state index contributed by atoms with van der Waals surface area (Å²) >= 11 is 0. The Morgan fingerprint density at radius 2 is 1.86 bits per heavy atom. The van der Waals surface area contributed by atoms with Crippen LogP contribution in [0.3, 0.4) is 0 Å². The number of carbonyl (C=O) groups excluding carboxylic acids is 1. The van der Waals surface area contributed by atoms with Gasteiger partial charge in [0.25, 0.3) is 0 Å². The Morgan fingerprint density at radius 3 is 2.27 bits per heavy atom. The van der Waals surface area contributed by atoms with Gasteiger partial charge in [-0.3, -0.25) is 9.59 Å². The van der Waals surface area contributed by atoms with E-state index in [-0.39, 0.29) is 35.8 Å². The molecule has 1 amide bonds. The zero-order valence-corrected chi connectivity index (χ0v) is 13.6. The van der Waals surface area contributed by atoms with Crippen molar-refractivity contribution in [2.45, 2.75) is 58.5 Å². The normalized spacial score (nSPS) is 25.7. The number of nitrogens with zero attached hydrogens (tertiary/aromatic N) is 1. The average molecular weight is 312 g/mol. The molecule has 7 heteroatoms. The highest BCUT2D eigenvalue weighted by Gasteiger charge is 2.44. The van der Waals surface area contributed by atoms with Crippen molar-refractivity contribution in [2.24, 2.45) is 34.2 Å². The summed E-state index contributed by atoms with van der Waals surface area (Å²) in [5, 5.41) is 12.3. The maximum Gasteiger partial charge on any atom is 0.306 e. The van der Waals surface area contributed by atoms with Gasteiger partial charge in [0.15, 0.2) is 5.96 Å². The van der Waals surface area contributed by atoms with E-state index in [1.807, 2.05) is 0 Å². The third-order valence-corrected chi connectivity index (χ3v) is 4.63. The molecule has 6 N–H and O–H groups in total. The van der Waals surface area contributed by atoms with Crippen LogP contribution in [0, 0.1) is 17.8 Å². The molecule has 126 valence electrons. The highest BCUT2D eigenvalue weighted by atomic mass is 16.4. The highest BCUT2D eigenvalue weighted by molar-refractivity contribution is 5.76. The first-order valence-corrected chi connectivity index (χ1v) is 7.88. The molecule has 0 radical (unpaired) electrons. The number of carboxylic acid groups (broad SMARTS) is 1. The Hall–Kier alpha value is -1.79. The predicted octanol–water partition coefficient (Wildman–Crippen LogP) is 0.680. The largest absolute Gasteiger partial charge is 0.481 e. The Balaban J connectivity index is 3.08. The van der Waals surface area contributed by atoms with Gasteiger partial charge in [-0.2, -0.15) is 0 Å². The van der Waals surface area contributed by atoms with Crippen molar-refractivity contribution in [3.8, 4) is 0 Å². The molecule has 0 bridgehead atoms. The van der Waals surface area contributed by atoms with Gasteiger partial charge in [0.1, 0.15) is 0 Å². The maximum atomic E-state index is 11.6. The first kappa shape index (κ1) is 18.3. The number of guanidine groups is 1. The number of carboxylic acids is 1. The Bertz CT molecular complexity index is 431. The van der Waals surface area contributed by atoms with Crippen LogP contribution >= 0.6 is 0 Å². The van der Waals surface area contributed by atoms with E-state index < -0.39 is 11.9 Å². The van der Waals surface area contributed by atoms with Gasteiger partial charge < -0.3 is 21.9 Å². The van der Waals surface area contributed by atoms with Gasteiger partial charge in [0.05, 0.1) is 12.0 Å². The molecule has 1 saturated carbocycles. The zero-order chi connectivity index (χ0) is 16.9. The number of amides is 1. The van der Waals surface area contributed by atoms with Gasteiger partial charge in [-0.1, -0.05) is 26.7 Å². The molecule has 0 aromatic heterocycles. The minimum Gasteiger partial charge on any atom is -0.481 e. The van der Waals surface area contributed by atoms with Crippen molar-refractivity contribution >= 4 is 17.8 Å². The first-order chi connectivity index (χ1) is 10.3. The lowest BCUT2D eigenvalue weighted by molar-refractivity contribution is -0.141.